The Morgan fingerprint density at radius 2 is 1.46 bits per heavy atom. The third-order valence-corrected chi connectivity index (χ3v) is 6.30. The van der Waals surface area contributed by atoms with E-state index in [0.717, 1.165) is 18.6 Å². The quantitative estimate of drug-likeness (QED) is 0.616. The van der Waals surface area contributed by atoms with Gasteiger partial charge in [-0.2, -0.15) is 4.31 Å². The summed E-state index contributed by atoms with van der Waals surface area (Å²) in [6.07, 6.45) is 3.14. The minimum Gasteiger partial charge on any atom is -0.457 e. The predicted octanol–water partition coefficient (Wildman–Crippen LogP) is 4.45. The van der Waals surface area contributed by atoms with E-state index in [1.54, 1.807) is 18.2 Å². The lowest BCUT2D eigenvalue weighted by atomic mass is 10.3. The Kier molecular flexibility index (Phi) is 5.27. The van der Waals surface area contributed by atoms with Crippen LogP contribution >= 0.6 is 0 Å². The van der Waals surface area contributed by atoms with Gasteiger partial charge in [-0.3, -0.25) is 0 Å². The summed E-state index contributed by atoms with van der Waals surface area (Å²) in [5.74, 6) is 2.24. The molecule has 4 rings (SSSR count). The molecule has 2 aromatic carbocycles. The normalized spacial score (nSPS) is 14.7. The summed E-state index contributed by atoms with van der Waals surface area (Å²) in [5, 5.41) is 0. The van der Waals surface area contributed by atoms with Crippen molar-refractivity contribution < 1.29 is 17.9 Å². The van der Waals surface area contributed by atoms with E-state index < -0.39 is 10.0 Å². The number of pyridine rings is 1. The van der Waals surface area contributed by atoms with Gasteiger partial charge in [-0.15, -0.1) is 0 Å². The molecule has 0 unspecified atom stereocenters. The molecule has 1 aromatic heterocycles. The van der Waals surface area contributed by atoms with Crippen LogP contribution in [0, 0.1) is 0 Å². The first kappa shape index (κ1) is 18.5. The average molecular weight is 396 g/mol. The smallest absolute Gasteiger partial charge is 0.244 e. The third kappa shape index (κ3) is 4.16. The zero-order valence-electron chi connectivity index (χ0n) is 15.2. The molecule has 0 N–H and O–H groups in total. The fourth-order valence-electron chi connectivity index (χ4n) is 3.00. The molecule has 3 aromatic rings. The second-order valence-corrected chi connectivity index (χ2v) is 8.37. The molecule has 2 heterocycles. The van der Waals surface area contributed by atoms with E-state index in [4.69, 9.17) is 9.47 Å². The second-order valence-electron chi connectivity index (χ2n) is 6.44. The lowest BCUT2D eigenvalue weighted by molar-refractivity contribution is 0.447. The average Bonchev–Trinajstić information content (AvgIpc) is 3.25. The first-order chi connectivity index (χ1) is 13.6. The molecule has 0 atom stereocenters. The summed E-state index contributed by atoms with van der Waals surface area (Å²) < 4.78 is 38.1. The molecule has 0 saturated carbocycles. The first-order valence-electron chi connectivity index (χ1n) is 9.08. The summed E-state index contributed by atoms with van der Waals surface area (Å²) in [6, 6.07) is 19.7. The number of para-hydroxylation sites is 1. The number of sulfonamides is 1. The van der Waals surface area contributed by atoms with E-state index in [1.165, 1.54) is 16.6 Å². The Hall–Kier alpha value is -2.90. The highest BCUT2D eigenvalue weighted by atomic mass is 32.2. The summed E-state index contributed by atoms with van der Waals surface area (Å²) >= 11 is 0. The highest BCUT2D eigenvalue weighted by Gasteiger charge is 2.27. The van der Waals surface area contributed by atoms with Crippen molar-refractivity contribution in [1.29, 1.82) is 0 Å². The van der Waals surface area contributed by atoms with Crippen molar-refractivity contribution in [1.82, 2.24) is 9.29 Å². The molecule has 1 aliphatic rings. The molecule has 0 aliphatic carbocycles. The van der Waals surface area contributed by atoms with Gasteiger partial charge in [0.15, 0.2) is 0 Å². The second kappa shape index (κ2) is 8.00. The van der Waals surface area contributed by atoms with E-state index in [9.17, 15) is 8.42 Å². The number of aromatic nitrogens is 1. The third-order valence-electron chi connectivity index (χ3n) is 4.42. The molecule has 28 heavy (non-hydrogen) atoms. The van der Waals surface area contributed by atoms with Crippen molar-refractivity contribution in [2.45, 2.75) is 17.7 Å². The number of nitrogens with zero attached hydrogens (tertiary/aromatic N) is 2. The Morgan fingerprint density at radius 3 is 2.14 bits per heavy atom. The highest BCUT2D eigenvalue weighted by Crippen LogP contribution is 2.28. The zero-order chi connectivity index (χ0) is 19.4. The van der Waals surface area contributed by atoms with Crippen molar-refractivity contribution in [3.05, 3.63) is 72.9 Å². The monoisotopic (exact) mass is 396 g/mol. The number of rotatable bonds is 6. The van der Waals surface area contributed by atoms with Crippen LogP contribution in [0.2, 0.25) is 0 Å². The van der Waals surface area contributed by atoms with Gasteiger partial charge in [0.2, 0.25) is 15.9 Å². The maximum Gasteiger partial charge on any atom is 0.244 e. The molecule has 6 nitrogen and oxygen atoms in total. The van der Waals surface area contributed by atoms with E-state index in [0.29, 0.717) is 30.5 Å². The topological polar surface area (TPSA) is 68.7 Å². The van der Waals surface area contributed by atoms with E-state index in [2.05, 4.69) is 4.98 Å². The minimum absolute atomic E-state index is 0.183. The molecular formula is C21H20N2O4S. The SMILES string of the molecule is O=S(=O)(c1ccc(Oc2cccc(Oc3ccccc3)c2)nc1)N1CCCC1. The zero-order valence-corrected chi connectivity index (χ0v) is 16.0. The van der Waals surface area contributed by atoms with Crippen LogP contribution in [-0.4, -0.2) is 30.8 Å². The van der Waals surface area contributed by atoms with Gasteiger partial charge in [-0.05, 0) is 43.2 Å². The summed E-state index contributed by atoms with van der Waals surface area (Å²) in [7, 11) is -3.47. The summed E-state index contributed by atoms with van der Waals surface area (Å²) in [5.41, 5.74) is 0. The Bertz CT molecular complexity index is 1030. The van der Waals surface area contributed by atoms with E-state index >= 15 is 0 Å². The van der Waals surface area contributed by atoms with Crippen LogP contribution in [0.15, 0.2) is 77.8 Å². The molecule has 1 aliphatic heterocycles. The fraction of sp³-hybridized carbons (Fsp3) is 0.190. The largest absolute Gasteiger partial charge is 0.457 e. The van der Waals surface area contributed by atoms with Gasteiger partial charge in [-0.1, -0.05) is 24.3 Å². The number of hydrogen-bond acceptors (Lipinski definition) is 5. The van der Waals surface area contributed by atoms with Crippen LogP contribution in [0.25, 0.3) is 0 Å². The maximum absolute atomic E-state index is 12.6. The molecule has 0 amide bonds. The van der Waals surface area contributed by atoms with Crippen LogP contribution < -0.4 is 9.47 Å². The predicted molar refractivity (Wildman–Crippen MR) is 105 cm³/mol. The first-order valence-corrected chi connectivity index (χ1v) is 10.5. The molecule has 1 saturated heterocycles. The van der Waals surface area contributed by atoms with Gasteiger partial charge >= 0.3 is 0 Å². The van der Waals surface area contributed by atoms with Crippen LogP contribution in [0.1, 0.15) is 12.8 Å². The Morgan fingerprint density at radius 1 is 0.786 bits per heavy atom. The van der Waals surface area contributed by atoms with Crippen molar-refractivity contribution >= 4 is 10.0 Å². The molecule has 0 radical (unpaired) electrons. The van der Waals surface area contributed by atoms with Gasteiger partial charge in [0, 0.05) is 25.2 Å². The van der Waals surface area contributed by atoms with Gasteiger partial charge < -0.3 is 9.47 Å². The van der Waals surface area contributed by atoms with Gasteiger partial charge in [0.1, 0.15) is 22.1 Å². The van der Waals surface area contributed by atoms with Crippen molar-refractivity contribution in [3.8, 4) is 23.1 Å². The van der Waals surface area contributed by atoms with Crippen molar-refractivity contribution in [3.63, 3.8) is 0 Å². The molecule has 0 spiro atoms. The van der Waals surface area contributed by atoms with E-state index in [1.807, 2.05) is 42.5 Å². The lowest BCUT2D eigenvalue weighted by Gasteiger charge is -2.15. The standard InChI is InChI=1S/C21H20N2O4S/c24-28(25,23-13-4-5-14-23)20-11-12-21(22-16-20)27-19-10-6-9-18(15-19)26-17-7-2-1-3-8-17/h1-3,6-12,15-16H,4-5,13-14H2. The number of hydrogen-bond donors (Lipinski definition) is 0. The van der Waals surface area contributed by atoms with Crippen LogP contribution in [0.3, 0.4) is 0 Å². The lowest BCUT2D eigenvalue weighted by Crippen LogP contribution is -2.27. The van der Waals surface area contributed by atoms with Crippen LogP contribution in [0.4, 0.5) is 0 Å². The molecule has 1 fully saturated rings. The molecule has 144 valence electrons. The van der Waals surface area contributed by atoms with Gasteiger partial charge in [0.25, 0.3) is 0 Å². The molecule has 7 heteroatoms. The van der Waals surface area contributed by atoms with Crippen LogP contribution in [0.5, 0.6) is 23.1 Å². The maximum atomic E-state index is 12.6. The molecule has 0 bridgehead atoms. The minimum atomic E-state index is -3.47. The number of benzene rings is 2. The summed E-state index contributed by atoms with van der Waals surface area (Å²) in [4.78, 5) is 4.34. The van der Waals surface area contributed by atoms with E-state index in [-0.39, 0.29) is 4.90 Å². The van der Waals surface area contributed by atoms with Crippen molar-refractivity contribution in [2.75, 3.05) is 13.1 Å². The summed E-state index contributed by atoms with van der Waals surface area (Å²) in [6.45, 7) is 1.13. The van der Waals surface area contributed by atoms with Gasteiger partial charge in [0.05, 0.1) is 6.20 Å². The van der Waals surface area contributed by atoms with Crippen LogP contribution in [-0.2, 0) is 10.0 Å². The Balaban J connectivity index is 1.47. The number of ether oxygens (including phenoxy) is 2. The van der Waals surface area contributed by atoms with Crippen molar-refractivity contribution in [2.24, 2.45) is 0 Å². The highest BCUT2D eigenvalue weighted by molar-refractivity contribution is 7.89. The Labute approximate surface area is 164 Å². The van der Waals surface area contributed by atoms with Gasteiger partial charge in [-0.25, -0.2) is 13.4 Å². The fourth-order valence-corrected chi connectivity index (χ4v) is 4.47. The molecular weight excluding hydrogens is 376 g/mol.